The molecule has 0 aliphatic heterocycles. The van der Waals surface area contributed by atoms with Crippen LogP contribution in [0.5, 0.6) is 17.2 Å². The largest absolute Gasteiger partial charge is 0.493 e. The lowest BCUT2D eigenvalue weighted by Crippen LogP contribution is -2.28. The van der Waals surface area contributed by atoms with Crippen molar-refractivity contribution >= 4 is 11.6 Å². The number of benzene rings is 2. The monoisotopic (exact) mass is 372 g/mol. The lowest BCUT2D eigenvalue weighted by Gasteiger charge is -2.17. The van der Waals surface area contributed by atoms with E-state index in [-0.39, 0.29) is 28.9 Å². The van der Waals surface area contributed by atoms with Crippen LogP contribution >= 0.6 is 0 Å². The average molecular weight is 372 g/mol. The van der Waals surface area contributed by atoms with Crippen LogP contribution in [0.15, 0.2) is 30.3 Å². The number of amides is 1. The van der Waals surface area contributed by atoms with E-state index in [1.54, 1.807) is 0 Å². The predicted molar refractivity (Wildman–Crippen MR) is 97.7 cm³/mol. The van der Waals surface area contributed by atoms with Crippen LogP contribution in [0.25, 0.3) is 0 Å². The molecule has 8 heteroatoms. The molecular formula is C19H20N2O6. The number of hydrogen-bond acceptors (Lipinski definition) is 6. The number of carbonyl (C=O) groups excluding carboxylic acids is 1. The summed E-state index contributed by atoms with van der Waals surface area (Å²) in [5.74, 6) is -0.479. The summed E-state index contributed by atoms with van der Waals surface area (Å²) in [6.07, 6.45) is 1.59. The van der Waals surface area contributed by atoms with Crippen LogP contribution in [-0.4, -0.2) is 32.2 Å². The zero-order valence-electron chi connectivity index (χ0n) is 15.3. The minimum absolute atomic E-state index is 0.0643. The Kier molecular flexibility index (Phi) is 5.16. The predicted octanol–water partition coefficient (Wildman–Crippen LogP) is 3.04. The van der Waals surface area contributed by atoms with Crippen LogP contribution in [0.3, 0.4) is 0 Å². The number of carbonyl (C=O) groups is 1. The zero-order valence-corrected chi connectivity index (χ0v) is 15.3. The quantitative estimate of drug-likeness (QED) is 0.618. The Balaban J connectivity index is 2.03. The first-order valence-corrected chi connectivity index (χ1v) is 8.37. The highest BCUT2D eigenvalue weighted by Gasteiger charge is 2.34. The van der Waals surface area contributed by atoms with Gasteiger partial charge in [0.1, 0.15) is 5.56 Å². The summed E-state index contributed by atoms with van der Waals surface area (Å²) in [7, 11) is 4.01. The standard InChI is InChI=1S/C19H20N2O6/c1-25-15-10-13(16(21(23)24)18(27-3)17(15)26-2)19(22)20-14-9-8-11-6-4-5-7-12(11)14/h4-7,10,14H,8-9H2,1-3H3,(H,20,22)/t14-/m0/s1. The second kappa shape index (κ2) is 7.53. The molecule has 3 rings (SSSR count). The van der Waals surface area contributed by atoms with E-state index in [9.17, 15) is 14.9 Å². The number of ether oxygens (including phenoxy) is 3. The third kappa shape index (κ3) is 3.25. The third-order valence-corrected chi connectivity index (χ3v) is 4.67. The Morgan fingerprint density at radius 3 is 2.48 bits per heavy atom. The van der Waals surface area contributed by atoms with E-state index < -0.39 is 16.5 Å². The second-order valence-electron chi connectivity index (χ2n) is 6.06. The summed E-state index contributed by atoms with van der Waals surface area (Å²) in [4.78, 5) is 23.9. The molecule has 0 radical (unpaired) electrons. The number of nitro benzene ring substituents is 1. The van der Waals surface area contributed by atoms with Crippen molar-refractivity contribution in [1.29, 1.82) is 0 Å². The molecule has 0 bridgehead atoms. The average Bonchev–Trinajstić information content (AvgIpc) is 3.08. The van der Waals surface area contributed by atoms with Gasteiger partial charge in [-0.2, -0.15) is 0 Å². The molecule has 0 fully saturated rings. The Morgan fingerprint density at radius 2 is 1.85 bits per heavy atom. The molecule has 2 aromatic carbocycles. The maximum atomic E-state index is 12.9. The molecule has 142 valence electrons. The summed E-state index contributed by atoms with van der Waals surface area (Å²) < 4.78 is 15.6. The number of aryl methyl sites for hydroxylation is 1. The summed E-state index contributed by atoms with van der Waals surface area (Å²) in [5, 5.41) is 14.5. The van der Waals surface area contributed by atoms with Gasteiger partial charge in [-0.25, -0.2) is 0 Å². The normalized spacial score (nSPS) is 15.0. The lowest BCUT2D eigenvalue weighted by molar-refractivity contribution is -0.386. The minimum Gasteiger partial charge on any atom is -0.493 e. The van der Waals surface area contributed by atoms with Gasteiger partial charge in [-0.3, -0.25) is 14.9 Å². The molecule has 0 saturated heterocycles. The van der Waals surface area contributed by atoms with Crippen LogP contribution in [0.1, 0.15) is 33.9 Å². The summed E-state index contributed by atoms with van der Waals surface area (Å²) >= 11 is 0. The van der Waals surface area contributed by atoms with Gasteiger partial charge in [0.15, 0.2) is 5.75 Å². The number of nitrogens with one attached hydrogen (secondary N) is 1. The first-order chi connectivity index (χ1) is 13.0. The molecule has 1 amide bonds. The molecule has 0 spiro atoms. The number of fused-ring (bicyclic) bond motifs is 1. The number of hydrogen-bond donors (Lipinski definition) is 1. The first-order valence-electron chi connectivity index (χ1n) is 8.37. The molecule has 0 unspecified atom stereocenters. The summed E-state index contributed by atoms with van der Waals surface area (Å²) in [6, 6.07) is 8.93. The van der Waals surface area contributed by atoms with Crippen LogP contribution in [-0.2, 0) is 6.42 Å². The van der Waals surface area contributed by atoms with Gasteiger partial charge in [-0.1, -0.05) is 24.3 Å². The van der Waals surface area contributed by atoms with Gasteiger partial charge in [-0.15, -0.1) is 0 Å². The third-order valence-electron chi connectivity index (χ3n) is 4.67. The smallest absolute Gasteiger partial charge is 0.327 e. The van der Waals surface area contributed by atoms with E-state index in [2.05, 4.69) is 5.32 Å². The second-order valence-corrected chi connectivity index (χ2v) is 6.06. The zero-order chi connectivity index (χ0) is 19.6. The van der Waals surface area contributed by atoms with Crippen molar-refractivity contribution in [2.24, 2.45) is 0 Å². The van der Waals surface area contributed by atoms with Crippen molar-refractivity contribution in [3.8, 4) is 17.2 Å². The molecule has 0 saturated carbocycles. The van der Waals surface area contributed by atoms with Gasteiger partial charge in [0.2, 0.25) is 11.5 Å². The van der Waals surface area contributed by atoms with E-state index in [1.807, 2.05) is 24.3 Å². The fourth-order valence-corrected chi connectivity index (χ4v) is 3.44. The molecule has 1 N–H and O–H groups in total. The van der Waals surface area contributed by atoms with E-state index in [0.717, 1.165) is 18.4 Å². The van der Waals surface area contributed by atoms with E-state index in [0.29, 0.717) is 0 Å². The Morgan fingerprint density at radius 1 is 1.15 bits per heavy atom. The molecule has 0 heterocycles. The van der Waals surface area contributed by atoms with Crippen molar-refractivity contribution in [3.63, 3.8) is 0 Å². The molecule has 27 heavy (non-hydrogen) atoms. The van der Waals surface area contributed by atoms with Gasteiger partial charge in [0.25, 0.3) is 5.91 Å². The van der Waals surface area contributed by atoms with Crippen molar-refractivity contribution in [1.82, 2.24) is 5.32 Å². The SMILES string of the molecule is COc1cc(C(=O)N[C@H]2CCc3ccccc32)c([N+](=O)[O-])c(OC)c1OC. The van der Waals surface area contributed by atoms with Crippen LogP contribution in [0.4, 0.5) is 5.69 Å². The number of nitro groups is 1. The molecule has 1 aliphatic carbocycles. The van der Waals surface area contributed by atoms with Crippen molar-refractivity contribution in [2.75, 3.05) is 21.3 Å². The van der Waals surface area contributed by atoms with E-state index in [1.165, 1.54) is 33.0 Å². The highest BCUT2D eigenvalue weighted by molar-refractivity contribution is 6.01. The number of rotatable bonds is 6. The Bertz CT molecular complexity index is 896. The fraction of sp³-hybridized carbons (Fsp3) is 0.316. The molecule has 0 aromatic heterocycles. The Labute approximate surface area is 156 Å². The number of methoxy groups -OCH3 is 3. The van der Waals surface area contributed by atoms with Crippen LogP contribution < -0.4 is 19.5 Å². The topological polar surface area (TPSA) is 99.9 Å². The molecular weight excluding hydrogens is 352 g/mol. The maximum absolute atomic E-state index is 12.9. The molecule has 1 atom stereocenters. The first kappa shape index (κ1) is 18.5. The highest BCUT2D eigenvalue weighted by atomic mass is 16.6. The van der Waals surface area contributed by atoms with E-state index >= 15 is 0 Å². The van der Waals surface area contributed by atoms with Crippen molar-refractivity contribution < 1.29 is 23.9 Å². The molecule has 1 aliphatic rings. The maximum Gasteiger partial charge on any atom is 0.327 e. The highest BCUT2D eigenvalue weighted by Crippen LogP contribution is 2.46. The van der Waals surface area contributed by atoms with Gasteiger partial charge < -0.3 is 19.5 Å². The van der Waals surface area contributed by atoms with Gasteiger partial charge in [-0.05, 0) is 24.0 Å². The number of nitrogens with zero attached hydrogens (tertiary/aromatic N) is 1. The minimum atomic E-state index is -0.654. The Hall–Kier alpha value is -3.29. The van der Waals surface area contributed by atoms with Crippen LogP contribution in [0, 0.1) is 10.1 Å². The van der Waals surface area contributed by atoms with Gasteiger partial charge >= 0.3 is 5.69 Å². The fourth-order valence-electron chi connectivity index (χ4n) is 3.44. The summed E-state index contributed by atoms with van der Waals surface area (Å²) in [6.45, 7) is 0. The molecule has 8 nitrogen and oxygen atoms in total. The van der Waals surface area contributed by atoms with Gasteiger partial charge in [0, 0.05) is 6.07 Å². The van der Waals surface area contributed by atoms with E-state index in [4.69, 9.17) is 14.2 Å². The van der Waals surface area contributed by atoms with Crippen molar-refractivity contribution in [2.45, 2.75) is 18.9 Å². The summed E-state index contributed by atoms with van der Waals surface area (Å²) in [5.41, 5.74) is 1.60. The van der Waals surface area contributed by atoms with Crippen LogP contribution in [0.2, 0.25) is 0 Å². The van der Waals surface area contributed by atoms with Crippen molar-refractivity contribution in [3.05, 3.63) is 57.1 Å². The lowest BCUT2D eigenvalue weighted by atomic mass is 10.1. The molecule has 2 aromatic rings. The van der Waals surface area contributed by atoms with Gasteiger partial charge in [0.05, 0.1) is 32.3 Å².